The van der Waals surface area contributed by atoms with E-state index in [0.29, 0.717) is 13.1 Å². The van der Waals surface area contributed by atoms with Gasteiger partial charge < -0.3 is 4.90 Å². The van der Waals surface area contributed by atoms with E-state index in [4.69, 9.17) is 0 Å². The molecule has 0 radical (unpaired) electrons. The number of nitrogens with zero attached hydrogens (tertiary/aromatic N) is 2. The van der Waals surface area contributed by atoms with Gasteiger partial charge in [-0.25, -0.2) is 9.37 Å². The Bertz CT molecular complexity index is 677. The summed E-state index contributed by atoms with van der Waals surface area (Å²) in [5, 5.41) is 0. The summed E-state index contributed by atoms with van der Waals surface area (Å²) in [6, 6.07) is 12.1. The van der Waals surface area contributed by atoms with E-state index in [1.54, 1.807) is 24.3 Å². The minimum absolute atomic E-state index is 0.00832. The summed E-state index contributed by atoms with van der Waals surface area (Å²) in [6.45, 7) is 2.98. The maximum atomic E-state index is 12.8. The SMILES string of the molecule is O=C(C=Cc1ccc(F)cc1)N1CCN(c2cccc[nH+]2)CC1. The molecule has 1 aromatic carbocycles. The van der Waals surface area contributed by atoms with E-state index in [-0.39, 0.29) is 11.7 Å². The minimum atomic E-state index is -0.276. The number of aromatic nitrogens is 1. The van der Waals surface area contributed by atoms with E-state index < -0.39 is 0 Å². The van der Waals surface area contributed by atoms with Crippen LogP contribution in [0.4, 0.5) is 10.2 Å². The third-order valence-electron chi connectivity index (χ3n) is 3.91. The number of nitrogens with one attached hydrogen (secondary N) is 1. The Morgan fingerprint density at radius 2 is 1.78 bits per heavy atom. The Kier molecular flexibility index (Phi) is 4.66. The summed E-state index contributed by atoms with van der Waals surface area (Å²) in [5.74, 6) is 0.787. The van der Waals surface area contributed by atoms with Gasteiger partial charge in [0.05, 0.1) is 19.3 Å². The van der Waals surface area contributed by atoms with Crippen LogP contribution in [0.2, 0.25) is 0 Å². The van der Waals surface area contributed by atoms with Crippen LogP contribution in [-0.2, 0) is 4.79 Å². The molecule has 0 aliphatic carbocycles. The van der Waals surface area contributed by atoms with Crippen molar-refractivity contribution in [3.05, 3.63) is 66.1 Å². The monoisotopic (exact) mass is 312 g/mol. The molecule has 0 bridgehead atoms. The Labute approximate surface area is 134 Å². The predicted octanol–water partition coefficient (Wildman–Crippen LogP) is 2.00. The number of aromatic amines is 1. The van der Waals surface area contributed by atoms with Crippen LogP contribution in [0.5, 0.6) is 0 Å². The van der Waals surface area contributed by atoms with Crippen LogP contribution in [0.25, 0.3) is 6.08 Å². The average Bonchev–Trinajstić information content (AvgIpc) is 2.62. The van der Waals surface area contributed by atoms with Crippen molar-refractivity contribution in [2.45, 2.75) is 0 Å². The first-order valence-corrected chi connectivity index (χ1v) is 7.66. The van der Waals surface area contributed by atoms with Gasteiger partial charge in [0, 0.05) is 12.1 Å². The van der Waals surface area contributed by atoms with Gasteiger partial charge >= 0.3 is 0 Å². The molecule has 1 amide bonds. The topological polar surface area (TPSA) is 37.7 Å². The molecule has 23 heavy (non-hydrogen) atoms. The molecule has 5 heteroatoms. The molecule has 1 saturated heterocycles. The summed E-state index contributed by atoms with van der Waals surface area (Å²) < 4.78 is 12.8. The Hall–Kier alpha value is -2.69. The molecule has 1 N–H and O–H groups in total. The number of piperazine rings is 1. The zero-order chi connectivity index (χ0) is 16.1. The number of H-pyrrole nitrogens is 1. The van der Waals surface area contributed by atoms with Gasteiger partial charge in [-0.3, -0.25) is 9.69 Å². The summed E-state index contributed by atoms with van der Waals surface area (Å²) >= 11 is 0. The van der Waals surface area contributed by atoms with Crippen molar-refractivity contribution in [3.63, 3.8) is 0 Å². The Morgan fingerprint density at radius 1 is 1.04 bits per heavy atom. The number of anilines is 1. The van der Waals surface area contributed by atoms with E-state index in [9.17, 15) is 9.18 Å². The second-order valence-electron chi connectivity index (χ2n) is 5.45. The van der Waals surface area contributed by atoms with Crippen LogP contribution in [0.15, 0.2) is 54.7 Å². The molecule has 3 rings (SSSR count). The lowest BCUT2D eigenvalue weighted by atomic mass is 10.2. The highest BCUT2D eigenvalue weighted by molar-refractivity contribution is 5.91. The van der Waals surface area contributed by atoms with E-state index >= 15 is 0 Å². The number of halogens is 1. The highest BCUT2D eigenvalue weighted by Gasteiger charge is 2.24. The van der Waals surface area contributed by atoms with Gasteiger partial charge in [-0.2, -0.15) is 0 Å². The van der Waals surface area contributed by atoms with Crippen molar-refractivity contribution in [2.24, 2.45) is 0 Å². The number of rotatable bonds is 3. The zero-order valence-corrected chi connectivity index (χ0v) is 12.8. The van der Waals surface area contributed by atoms with Crippen molar-refractivity contribution in [1.29, 1.82) is 0 Å². The first kappa shape index (κ1) is 15.2. The van der Waals surface area contributed by atoms with E-state index in [1.807, 2.05) is 29.3 Å². The molecule has 1 aliphatic rings. The van der Waals surface area contributed by atoms with Gasteiger partial charge in [-0.15, -0.1) is 0 Å². The first-order valence-electron chi connectivity index (χ1n) is 7.66. The van der Waals surface area contributed by atoms with E-state index in [1.165, 1.54) is 12.1 Å². The van der Waals surface area contributed by atoms with Gasteiger partial charge in [-0.1, -0.05) is 18.2 Å². The van der Waals surface area contributed by atoms with Crippen LogP contribution in [0.1, 0.15) is 5.56 Å². The maximum Gasteiger partial charge on any atom is 0.274 e. The third kappa shape index (κ3) is 3.94. The molecule has 1 fully saturated rings. The van der Waals surface area contributed by atoms with Gasteiger partial charge in [0.25, 0.3) is 5.82 Å². The molecule has 2 aromatic rings. The summed E-state index contributed by atoms with van der Waals surface area (Å²) in [4.78, 5) is 19.5. The fourth-order valence-electron chi connectivity index (χ4n) is 2.60. The molecule has 1 aromatic heterocycles. The molecule has 1 aliphatic heterocycles. The maximum absolute atomic E-state index is 12.8. The summed E-state index contributed by atoms with van der Waals surface area (Å²) in [7, 11) is 0. The average molecular weight is 312 g/mol. The van der Waals surface area contributed by atoms with Crippen molar-refractivity contribution < 1.29 is 14.2 Å². The Balaban J connectivity index is 1.55. The second-order valence-corrected chi connectivity index (χ2v) is 5.45. The van der Waals surface area contributed by atoms with Crippen LogP contribution in [0, 0.1) is 5.82 Å². The number of hydrogen-bond donors (Lipinski definition) is 0. The van der Waals surface area contributed by atoms with Crippen LogP contribution >= 0.6 is 0 Å². The van der Waals surface area contributed by atoms with Crippen LogP contribution in [-0.4, -0.2) is 37.0 Å². The zero-order valence-electron chi connectivity index (χ0n) is 12.8. The molecule has 0 saturated carbocycles. The molecule has 4 nitrogen and oxygen atoms in total. The predicted molar refractivity (Wildman–Crippen MR) is 87.2 cm³/mol. The lowest BCUT2D eigenvalue weighted by molar-refractivity contribution is -0.364. The normalized spacial score (nSPS) is 15.2. The van der Waals surface area contributed by atoms with Gasteiger partial charge in [-0.05, 0) is 29.8 Å². The molecule has 0 spiro atoms. The minimum Gasteiger partial charge on any atom is -0.331 e. The standard InChI is InChI=1S/C18H18FN3O/c19-16-7-4-15(5-8-16)6-9-18(23)22-13-11-21(12-14-22)17-3-1-2-10-20-17/h1-10H,11-14H2/p+1. The van der Waals surface area contributed by atoms with Gasteiger partial charge in [0.1, 0.15) is 18.9 Å². The molecule has 118 valence electrons. The van der Waals surface area contributed by atoms with Crippen molar-refractivity contribution in [3.8, 4) is 0 Å². The lowest BCUT2D eigenvalue weighted by Gasteiger charge is -2.30. The molecular formula is C18H19FN3O+. The summed E-state index contributed by atoms with van der Waals surface area (Å²) in [6.07, 6.45) is 5.18. The number of benzene rings is 1. The van der Waals surface area contributed by atoms with Gasteiger partial charge in [0.15, 0.2) is 0 Å². The third-order valence-corrected chi connectivity index (χ3v) is 3.91. The van der Waals surface area contributed by atoms with Crippen LogP contribution < -0.4 is 9.88 Å². The molecule has 0 atom stereocenters. The second kappa shape index (κ2) is 7.05. The fourth-order valence-corrected chi connectivity index (χ4v) is 2.60. The quantitative estimate of drug-likeness (QED) is 0.813. The highest BCUT2D eigenvalue weighted by atomic mass is 19.1. The number of pyridine rings is 1. The molecule has 0 unspecified atom stereocenters. The number of carbonyl (C=O) groups excluding carboxylic acids is 1. The largest absolute Gasteiger partial charge is 0.331 e. The number of carbonyl (C=O) groups is 1. The summed E-state index contributed by atoms with van der Waals surface area (Å²) in [5.41, 5.74) is 0.817. The highest BCUT2D eigenvalue weighted by Crippen LogP contribution is 2.11. The smallest absolute Gasteiger partial charge is 0.274 e. The molecular weight excluding hydrogens is 293 g/mol. The number of amides is 1. The fraction of sp³-hybridized carbons (Fsp3) is 0.222. The van der Waals surface area contributed by atoms with E-state index in [0.717, 1.165) is 24.5 Å². The first-order chi connectivity index (χ1) is 11.2. The van der Waals surface area contributed by atoms with Crippen molar-refractivity contribution >= 4 is 17.8 Å². The van der Waals surface area contributed by atoms with E-state index in [2.05, 4.69) is 9.88 Å². The van der Waals surface area contributed by atoms with Crippen LogP contribution in [0.3, 0.4) is 0 Å². The Morgan fingerprint density at radius 3 is 2.43 bits per heavy atom. The van der Waals surface area contributed by atoms with Crippen molar-refractivity contribution in [2.75, 3.05) is 31.1 Å². The lowest BCUT2D eigenvalue weighted by Crippen LogP contribution is -2.49. The van der Waals surface area contributed by atoms with Crippen molar-refractivity contribution in [1.82, 2.24) is 4.90 Å². The molecule has 2 heterocycles. The number of hydrogen-bond acceptors (Lipinski definition) is 2. The van der Waals surface area contributed by atoms with Gasteiger partial charge in [0.2, 0.25) is 5.91 Å².